The highest BCUT2D eigenvalue weighted by atomic mass is 16.5. The molecule has 1 heterocycles. The molecular formula is C10H11NO3. The van der Waals surface area contributed by atoms with E-state index in [9.17, 15) is 9.59 Å². The van der Waals surface area contributed by atoms with Crippen molar-refractivity contribution in [1.82, 2.24) is 4.98 Å². The smallest absolute Gasteiger partial charge is 0.171 e. The summed E-state index contributed by atoms with van der Waals surface area (Å²) >= 11 is 0. The standard InChI is InChI=1S/C10H11NO3/c1-7(12)3-10(13)8-4-9(14-2)6-11-5-8/h4-6H,3H2,1-2H3. The third-order valence-electron chi connectivity index (χ3n) is 1.68. The van der Waals surface area contributed by atoms with Gasteiger partial charge in [0.2, 0.25) is 0 Å². The number of Topliss-reactive ketones (excluding diaryl/α,β-unsaturated/α-hetero) is 2. The molecule has 4 heteroatoms. The van der Waals surface area contributed by atoms with E-state index < -0.39 is 0 Å². The molecule has 0 aromatic carbocycles. The molecule has 1 aromatic rings. The number of ether oxygens (including phenoxy) is 1. The molecule has 14 heavy (non-hydrogen) atoms. The maximum absolute atomic E-state index is 11.4. The fourth-order valence-corrected chi connectivity index (χ4v) is 1.01. The van der Waals surface area contributed by atoms with Gasteiger partial charge in [-0.05, 0) is 13.0 Å². The molecule has 0 N–H and O–H groups in total. The van der Waals surface area contributed by atoms with Crippen molar-refractivity contribution >= 4 is 11.6 Å². The highest BCUT2D eigenvalue weighted by Gasteiger charge is 2.09. The van der Waals surface area contributed by atoms with Crippen LogP contribution in [0, 0.1) is 0 Å². The first kappa shape index (κ1) is 10.4. The molecule has 1 aromatic heterocycles. The summed E-state index contributed by atoms with van der Waals surface area (Å²) in [6.07, 6.45) is 2.84. The van der Waals surface area contributed by atoms with Gasteiger partial charge in [0.1, 0.15) is 11.5 Å². The Bertz CT molecular complexity index is 360. The van der Waals surface area contributed by atoms with E-state index in [0.29, 0.717) is 11.3 Å². The first-order valence-electron chi connectivity index (χ1n) is 4.15. The van der Waals surface area contributed by atoms with Gasteiger partial charge in [-0.3, -0.25) is 14.6 Å². The second-order valence-electron chi connectivity index (χ2n) is 2.92. The summed E-state index contributed by atoms with van der Waals surface area (Å²) in [5.74, 6) is 0.126. The maximum atomic E-state index is 11.4. The minimum Gasteiger partial charge on any atom is -0.495 e. The lowest BCUT2D eigenvalue weighted by Crippen LogP contribution is -2.05. The number of methoxy groups -OCH3 is 1. The summed E-state index contributed by atoms with van der Waals surface area (Å²) in [5, 5.41) is 0. The van der Waals surface area contributed by atoms with Gasteiger partial charge < -0.3 is 4.74 Å². The maximum Gasteiger partial charge on any atom is 0.171 e. The third-order valence-corrected chi connectivity index (χ3v) is 1.68. The molecule has 0 spiro atoms. The van der Waals surface area contributed by atoms with Crippen LogP contribution in [-0.4, -0.2) is 23.7 Å². The van der Waals surface area contributed by atoms with E-state index >= 15 is 0 Å². The minimum absolute atomic E-state index is 0.0884. The number of aromatic nitrogens is 1. The number of rotatable bonds is 4. The average molecular weight is 193 g/mol. The Labute approximate surface area is 81.9 Å². The van der Waals surface area contributed by atoms with Crippen molar-refractivity contribution in [2.24, 2.45) is 0 Å². The molecule has 0 atom stereocenters. The van der Waals surface area contributed by atoms with Crippen LogP contribution >= 0.6 is 0 Å². The van der Waals surface area contributed by atoms with Crippen LogP contribution in [0.4, 0.5) is 0 Å². The average Bonchev–Trinajstić information content (AvgIpc) is 2.17. The van der Waals surface area contributed by atoms with E-state index in [2.05, 4.69) is 4.98 Å². The van der Waals surface area contributed by atoms with Crippen molar-refractivity contribution in [3.63, 3.8) is 0 Å². The van der Waals surface area contributed by atoms with Crippen LogP contribution in [0.25, 0.3) is 0 Å². The van der Waals surface area contributed by atoms with Crippen LogP contribution < -0.4 is 4.74 Å². The molecule has 0 radical (unpaired) electrons. The number of carbonyl (C=O) groups excluding carboxylic acids is 2. The van der Waals surface area contributed by atoms with Gasteiger partial charge in [0.05, 0.1) is 19.7 Å². The summed E-state index contributed by atoms with van der Waals surface area (Å²) in [7, 11) is 1.50. The van der Waals surface area contributed by atoms with Crippen molar-refractivity contribution in [1.29, 1.82) is 0 Å². The molecule has 0 amide bonds. The monoisotopic (exact) mass is 193 g/mol. The zero-order valence-corrected chi connectivity index (χ0v) is 8.11. The normalized spacial score (nSPS) is 9.57. The summed E-state index contributed by atoms with van der Waals surface area (Å²) in [6.45, 7) is 1.38. The summed E-state index contributed by atoms with van der Waals surface area (Å²) < 4.78 is 4.91. The van der Waals surface area contributed by atoms with E-state index in [4.69, 9.17) is 4.74 Å². The Morgan fingerprint density at radius 3 is 2.71 bits per heavy atom. The van der Waals surface area contributed by atoms with Crippen molar-refractivity contribution in [2.75, 3.05) is 7.11 Å². The summed E-state index contributed by atoms with van der Waals surface area (Å²) in [4.78, 5) is 25.9. The van der Waals surface area contributed by atoms with Crippen molar-refractivity contribution in [2.45, 2.75) is 13.3 Å². The Morgan fingerprint density at radius 2 is 2.14 bits per heavy atom. The van der Waals surface area contributed by atoms with Gasteiger partial charge in [-0.1, -0.05) is 0 Å². The van der Waals surface area contributed by atoms with E-state index in [1.807, 2.05) is 0 Å². The molecule has 74 valence electrons. The van der Waals surface area contributed by atoms with Crippen LogP contribution in [0.15, 0.2) is 18.5 Å². The van der Waals surface area contributed by atoms with Crippen molar-refractivity contribution < 1.29 is 14.3 Å². The van der Waals surface area contributed by atoms with Crippen LogP contribution in [-0.2, 0) is 4.79 Å². The van der Waals surface area contributed by atoms with Crippen LogP contribution in [0.3, 0.4) is 0 Å². The number of carbonyl (C=O) groups is 2. The van der Waals surface area contributed by atoms with Gasteiger partial charge in [-0.25, -0.2) is 0 Å². The fraction of sp³-hybridized carbons (Fsp3) is 0.300. The van der Waals surface area contributed by atoms with E-state index in [0.717, 1.165) is 0 Å². The van der Waals surface area contributed by atoms with E-state index in [1.165, 1.54) is 26.4 Å². The SMILES string of the molecule is COc1cncc(C(=O)CC(C)=O)c1. The molecule has 0 bridgehead atoms. The zero-order chi connectivity index (χ0) is 10.6. The topological polar surface area (TPSA) is 56.3 Å². The number of ketones is 2. The molecule has 0 saturated heterocycles. The van der Waals surface area contributed by atoms with E-state index in [1.54, 1.807) is 6.07 Å². The lowest BCUT2D eigenvalue weighted by atomic mass is 10.1. The molecule has 0 unspecified atom stereocenters. The van der Waals surface area contributed by atoms with Crippen molar-refractivity contribution in [3.05, 3.63) is 24.0 Å². The highest BCUT2D eigenvalue weighted by Crippen LogP contribution is 2.11. The second-order valence-corrected chi connectivity index (χ2v) is 2.92. The molecule has 0 saturated carbocycles. The summed E-state index contributed by atoms with van der Waals surface area (Å²) in [6, 6.07) is 1.57. The highest BCUT2D eigenvalue weighted by molar-refractivity contribution is 6.07. The van der Waals surface area contributed by atoms with Gasteiger partial charge in [-0.15, -0.1) is 0 Å². The van der Waals surface area contributed by atoms with Gasteiger partial charge in [-0.2, -0.15) is 0 Å². The minimum atomic E-state index is -0.232. The van der Waals surface area contributed by atoms with E-state index in [-0.39, 0.29) is 18.0 Å². The number of hydrogen-bond acceptors (Lipinski definition) is 4. The lowest BCUT2D eigenvalue weighted by molar-refractivity contribution is -0.116. The predicted octanol–water partition coefficient (Wildman–Crippen LogP) is 1.25. The molecule has 0 aliphatic rings. The number of pyridine rings is 1. The van der Waals surface area contributed by atoms with Crippen LogP contribution in [0.1, 0.15) is 23.7 Å². The molecule has 4 nitrogen and oxygen atoms in total. The van der Waals surface area contributed by atoms with Gasteiger partial charge in [0.25, 0.3) is 0 Å². The Kier molecular flexibility index (Phi) is 3.34. The predicted molar refractivity (Wildman–Crippen MR) is 50.4 cm³/mol. The van der Waals surface area contributed by atoms with Gasteiger partial charge in [0, 0.05) is 11.8 Å². The molecule has 1 rings (SSSR count). The Balaban J connectivity index is 2.84. The van der Waals surface area contributed by atoms with Gasteiger partial charge >= 0.3 is 0 Å². The molecule has 0 aliphatic heterocycles. The largest absolute Gasteiger partial charge is 0.495 e. The first-order chi connectivity index (χ1) is 6.63. The number of hydrogen-bond donors (Lipinski definition) is 0. The lowest BCUT2D eigenvalue weighted by Gasteiger charge is -2.01. The van der Waals surface area contributed by atoms with Gasteiger partial charge in [0.15, 0.2) is 5.78 Å². The third kappa shape index (κ3) is 2.65. The first-order valence-corrected chi connectivity index (χ1v) is 4.15. The van der Waals surface area contributed by atoms with Crippen LogP contribution in [0.2, 0.25) is 0 Å². The Hall–Kier alpha value is -1.71. The zero-order valence-electron chi connectivity index (χ0n) is 8.11. The Morgan fingerprint density at radius 1 is 1.43 bits per heavy atom. The fourth-order valence-electron chi connectivity index (χ4n) is 1.01. The number of nitrogens with zero attached hydrogens (tertiary/aromatic N) is 1. The summed E-state index contributed by atoms with van der Waals surface area (Å²) in [5.41, 5.74) is 0.402. The molecule has 0 aliphatic carbocycles. The molecular weight excluding hydrogens is 182 g/mol. The second kappa shape index (κ2) is 4.50. The van der Waals surface area contributed by atoms with Crippen LogP contribution in [0.5, 0.6) is 5.75 Å². The quantitative estimate of drug-likeness (QED) is 0.533. The molecule has 0 fully saturated rings. The van der Waals surface area contributed by atoms with Crippen molar-refractivity contribution in [3.8, 4) is 5.75 Å².